The lowest BCUT2D eigenvalue weighted by Crippen LogP contribution is -2.51. The summed E-state index contributed by atoms with van der Waals surface area (Å²) in [5.41, 5.74) is 3.25. The zero-order valence-electron chi connectivity index (χ0n) is 19.3. The maximum atomic E-state index is 12.6. The molecule has 3 amide bonds. The van der Waals surface area contributed by atoms with Gasteiger partial charge in [0.2, 0.25) is 11.8 Å². The van der Waals surface area contributed by atoms with Crippen LogP contribution in [0.4, 0.5) is 0 Å². The van der Waals surface area contributed by atoms with Crippen molar-refractivity contribution in [1.29, 1.82) is 0 Å². The van der Waals surface area contributed by atoms with Gasteiger partial charge in [0, 0.05) is 12.1 Å². The van der Waals surface area contributed by atoms with Crippen LogP contribution < -0.4 is 15.4 Å². The Morgan fingerprint density at radius 2 is 1.76 bits per heavy atom. The van der Waals surface area contributed by atoms with Gasteiger partial charge in [-0.05, 0) is 61.1 Å². The van der Waals surface area contributed by atoms with Gasteiger partial charge < -0.3 is 25.0 Å². The van der Waals surface area contributed by atoms with Crippen LogP contribution in [0.15, 0.2) is 48.5 Å². The first-order chi connectivity index (χ1) is 16.6. The maximum absolute atomic E-state index is 12.6. The van der Waals surface area contributed by atoms with E-state index in [1.807, 2.05) is 12.1 Å². The van der Waals surface area contributed by atoms with E-state index < -0.39 is 5.91 Å². The highest BCUT2D eigenvalue weighted by Gasteiger charge is 2.25. The molecule has 1 aliphatic carbocycles. The molecule has 0 bridgehead atoms. The van der Waals surface area contributed by atoms with E-state index in [1.54, 1.807) is 29.2 Å². The molecule has 1 atom stereocenters. The molecule has 1 unspecified atom stereocenters. The highest BCUT2D eigenvalue weighted by molar-refractivity contribution is 5.96. The van der Waals surface area contributed by atoms with Crippen molar-refractivity contribution in [1.82, 2.24) is 15.5 Å². The molecular weight excluding hydrogens is 434 g/mol. The quantitative estimate of drug-likeness (QED) is 0.619. The first-order valence-corrected chi connectivity index (χ1v) is 11.8. The number of carbonyl (C=O) groups excluding carboxylic acids is 3. The van der Waals surface area contributed by atoms with Gasteiger partial charge in [-0.3, -0.25) is 14.4 Å². The van der Waals surface area contributed by atoms with Crippen molar-refractivity contribution in [2.24, 2.45) is 0 Å². The lowest BCUT2D eigenvalue weighted by molar-refractivity contribution is -0.140. The van der Waals surface area contributed by atoms with Crippen LogP contribution in [-0.4, -0.2) is 68.1 Å². The minimum Gasteiger partial charge on any atom is -0.491 e. The van der Waals surface area contributed by atoms with E-state index in [0.717, 1.165) is 18.6 Å². The Morgan fingerprint density at radius 1 is 0.971 bits per heavy atom. The number of aryl methyl sites for hydroxylation is 2. The number of nitrogens with zero attached hydrogens (tertiary/aromatic N) is 1. The molecule has 1 heterocycles. The monoisotopic (exact) mass is 465 g/mol. The van der Waals surface area contributed by atoms with Crippen molar-refractivity contribution in [3.8, 4) is 5.75 Å². The number of nitrogens with one attached hydrogen (secondary N) is 2. The molecule has 2 aromatic carbocycles. The van der Waals surface area contributed by atoms with Gasteiger partial charge in [0.25, 0.3) is 5.91 Å². The molecule has 0 spiro atoms. The van der Waals surface area contributed by atoms with E-state index in [4.69, 9.17) is 9.47 Å². The second-order valence-electron chi connectivity index (χ2n) is 8.61. The molecule has 4 rings (SSSR count). The number of morpholine rings is 1. The van der Waals surface area contributed by atoms with Gasteiger partial charge in [-0.1, -0.05) is 24.3 Å². The van der Waals surface area contributed by atoms with E-state index >= 15 is 0 Å². The molecule has 0 radical (unpaired) electrons. The first-order valence-electron chi connectivity index (χ1n) is 11.8. The van der Waals surface area contributed by atoms with Crippen LogP contribution in [0, 0.1) is 0 Å². The molecule has 8 heteroatoms. The van der Waals surface area contributed by atoms with E-state index in [9.17, 15) is 14.4 Å². The maximum Gasteiger partial charge on any atom is 0.251 e. The number of hydrogen-bond donors (Lipinski definition) is 2. The summed E-state index contributed by atoms with van der Waals surface area (Å²) >= 11 is 0. The molecule has 2 aromatic rings. The first kappa shape index (κ1) is 23.8. The third-order valence-corrected chi connectivity index (χ3v) is 6.13. The Kier molecular flexibility index (Phi) is 8.14. The summed E-state index contributed by atoms with van der Waals surface area (Å²) in [6.45, 7) is 1.34. The van der Waals surface area contributed by atoms with Crippen LogP contribution >= 0.6 is 0 Å². The number of carbonyl (C=O) groups is 3. The smallest absolute Gasteiger partial charge is 0.251 e. The normalized spacial score (nSPS) is 17.4. The zero-order valence-corrected chi connectivity index (χ0v) is 19.3. The second-order valence-corrected chi connectivity index (χ2v) is 8.61. The van der Waals surface area contributed by atoms with Crippen LogP contribution in [0.2, 0.25) is 0 Å². The third kappa shape index (κ3) is 6.57. The molecule has 0 aromatic heterocycles. The fourth-order valence-corrected chi connectivity index (χ4v) is 4.24. The van der Waals surface area contributed by atoms with Crippen LogP contribution in [0.5, 0.6) is 5.75 Å². The van der Waals surface area contributed by atoms with Gasteiger partial charge in [-0.15, -0.1) is 0 Å². The standard InChI is InChI=1S/C26H31N3O5/c30-24(15-28-26(32)20-7-2-1-3-8-20)27-16-25(31)29-12-13-33-23(17-29)18-34-22-11-10-19-6-4-5-9-21(19)14-22/h1-3,7-8,10-11,14,23H,4-6,9,12-13,15-18H2,(H,27,30)(H,28,32). The van der Waals surface area contributed by atoms with Crippen LogP contribution in [0.1, 0.15) is 34.3 Å². The molecule has 8 nitrogen and oxygen atoms in total. The van der Waals surface area contributed by atoms with Gasteiger partial charge in [-0.25, -0.2) is 0 Å². The summed E-state index contributed by atoms with van der Waals surface area (Å²) in [5, 5.41) is 5.12. The highest BCUT2D eigenvalue weighted by Crippen LogP contribution is 2.25. The molecule has 2 N–H and O–H groups in total. The lowest BCUT2D eigenvalue weighted by Gasteiger charge is -2.33. The summed E-state index contributed by atoms with van der Waals surface area (Å²) in [5.74, 6) is -0.113. The number of rotatable bonds is 8. The predicted molar refractivity (Wildman–Crippen MR) is 127 cm³/mol. The van der Waals surface area contributed by atoms with Crippen molar-refractivity contribution >= 4 is 17.7 Å². The summed E-state index contributed by atoms with van der Waals surface area (Å²) in [4.78, 5) is 38.3. The van der Waals surface area contributed by atoms with Gasteiger partial charge in [0.15, 0.2) is 0 Å². The van der Waals surface area contributed by atoms with E-state index in [0.29, 0.717) is 31.9 Å². The molecule has 1 fully saturated rings. The summed E-state index contributed by atoms with van der Waals surface area (Å²) in [6, 6.07) is 14.9. The third-order valence-electron chi connectivity index (χ3n) is 6.13. The van der Waals surface area contributed by atoms with Crippen molar-refractivity contribution < 1.29 is 23.9 Å². The summed E-state index contributed by atoms with van der Waals surface area (Å²) < 4.78 is 11.7. The minimum absolute atomic E-state index is 0.127. The lowest BCUT2D eigenvalue weighted by atomic mass is 9.92. The van der Waals surface area contributed by atoms with Gasteiger partial charge in [0.1, 0.15) is 18.5 Å². The number of benzene rings is 2. The number of hydrogen-bond acceptors (Lipinski definition) is 5. The Balaban J connectivity index is 1.17. The van der Waals surface area contributed by atoms with Gasteiger partial charge >= 0.3 is 0 Å². The number of ether oxygens (including phenoxy) is 2. The van der Waals surface area contributed by atoms with E-state index in [-0.39, 0.29) is 31.0 Å². The Labute approximate surface area is 199 Å². The molecular formula is C26H31N3O5. The highest BCUT2D eigenvalue weighted by atomic mass is 16.5. The summed E-state index contributed by atoms with van der Waals surface area (Å²) in [7, 11) is 0. The number of fused-ring (bicyclic) bond motifs is 1. The van der Waals surface area contributed by atoms with Crippen molar-refractivity contribution in [2.45, 2.75) is 31.8 Å². The second kappa shape index (κ2) is 11.7. The number of amides is 3. The molecule has 180 valence electrons. The van der Waals surface area contributed by atoms with E-state index in [1.165, 1.54) is 24.0 Å². The van der Waals surface area contributed by atoms with Crippen LogP contribution in [0.25, 0.3) is 0 Å². The molecule has 1 aliphatic heterocycles. The average Bonchev–Trinajstić information content (AvgIpc) is 2.89. The minimum atomic E-state index is -0.418. The molecule has 2 aliphatic rings. The fraction of sp³-hybridized carbons (Fsp3) is 0.423. The van der Waals surface area contributed by atoms with Crippen molar-refractivity contribution in [2.75, 3.05) is 39.4 Å². The molecule has 34 heavy (non-hydrogen) atoms. The average molecular weight is 466 g/mol. The summed E-state index contributed by atoms with van der Waals surface area (Å²) in [6.07, 6.45) is 4.46. The van der Waals surface area contributed by atoms with Crippen molar-refractivity contribution in [3.05, 3.63) is 65.2 Å². The predicted octanol–water partition coefficient (Wildman–Crippen LogP) is 1.72. The van der Waals surface area contributed by atoms with Gasteiger partial charge in [-0.2, -0.15) is 0 Å². The molecule has 0 saturated carbocycles. The van der Waals surface area contributed by atoms with Crippen LogP contribution in [-0.2, 0) is 27.2 Å². The Morgan fingerprint density at radius 3 is 2.59 bits per heavy atom. The largest absolute Gasteiger partial charge is 0.491 e. The van der Waals surface area contributed by atoms with E-state index in [2.05, 4.69) is 22.8 Å². The van der Waals surface area contributed by atoms with Crippen LogP contribution in [0.3, 0.4) is 0 Å². The molecule has 1 saturated heterocycles. The Hall–Kier alpha value is -3.39. The zero-order chi connectivity index (χ0) is 23.8. The van der Waals surface area contributed by atoms with Crippen molar-refractivity contribution in [3.63, 3.8) is 0 Å². The SMILES string of the molecule is O=C(CNC(=O)c1ccccc1)NCC(=O)N1CCOC(COc2ccc3c(c2)CCCC3)C1. The Bertz CT molecular complexity index is 1010. The topological polar surface area (TPSA) is 97.0 Å². The fourth-order valence-electron chi connectivity index (χ4n) is 4.24. The van der Waals surface area contributed by atoms with Gasteiger partial charge in [0.05, 0.1) is 26.2 Å².